The Hall–Kier alpha value is -1.23. The van der Waals surface area contributed by atoms with Gasteiger partial charge in [0.2, 0.25) is 0 Å². The number of rotatable bonds is 8. The molecule has 1 N–H and O–H groups in total. The lowest BCUT2D eigenvalue weighted by molar-refractivity contribution is -0.0562. The molecule has 3 saturated heterocycles. The molecule has 0 saturated carbocycles. The molecule has 5 rings (SSSR count). The van der Waals surface area contributed by atoms with Crippen LogP contribution in [0, 0.1) is 11.8 Å². The number of aromatic nitrogens is 1. The molecule has 5 atom stereocenters. The third-order valence-corrected chi connectivity index (χ3v) is 14.4. The molecule has 0 aliphatic carbocycles. The molecule has 0 amide bonds. The van der Waals surface area contributed by atoms with E-state index < -0.39 is 14.2 Å². The van der Waals surface area contributed by atoms with E-state index in [-0.39, 0.29) is 6.04 Å². The van der Waals surface area contributed by atoms with E-state index in [1.54, 1.807) is 0 Å². The van der Waals surface area contributed by atoms with Crippen LogP contribution in [0.2, 0.25) is 24.2 Å². The highest BCUT2D eigenvalue weighted by Gasteiger charge is 2.43. The molecule has 0 radical (unpaired) electrons. The summed E-state index contributed by atoms with van der Waals surface area (Å²) in [4.78, 5) is 7.09. The second kappa shape index (κ2) is 8.87. The van der Waals surface area contributed by atoms with Crippen LogP contribution in [0.1, 0.15) is 51.7 Å². The van der Waals surface area contributed by atoms with Gasteiger partial charge in [0.25, 0.3) is 0 Å². The average Bonchev–Trinajstić information content (AvgIpc) is 2.80. The topological polar surface area (TPSA) is 36.4 Å². The van der Waals surface area contributed by atoms with Crippen LogP contribution >= 0.6 is 0 Å². The molecular weight excluding hydrogens is 372 g/mol. The van der Waals surface area contributed by atoms with Gasteiger partial charge in [-0.15, -0.1) is 0 Å². The molecule has 3 nitrogen and oxygen atoms in total. The van der Waals surface area contributed by atoms with Crippen molar-refractivity contribution < 1.29 is 5.11 Å². The van der Waals surface area contributed by atoms with Crippen LogP contribution in [0.25, 0.3) is 10.9 Å². The van der Waals surface area contributed by atoms with Crippen molar-refractivity contribution in [3.05, 3.63) is 42.1 Å². The largest absolute Gasteiger partial charge is 0.387 e. The normalized spacial score (nSPS) is 28.0. The van der Waals surface area contributed by atoms with Crippen LogP contribution in [-0.4, -0.2) is 42.2 Å². The van der Waals surface area contributed by atoms with E-state index >= 15 is 0 Å². The third kappa shape index (κ3) is 4.04. The van der Waals surface area contributed by atoms with E-state index in [0.29, 0.717) is 0 Å². The Bertz CT molecular complexity index is 808. The molecule has 1 aromatic heterocycles. The molecule has 158 valence electrons. The van der Waals surface area contributed by atoms with E-state index in [0.717, 1.165) is 41.3 Å². The molecule has 29 heavy (non-hydrogen) atoms. The molecule has 4 heterocycles. The molecule has 2 bridgehead atoms. The number of fused-ring (bicyclic) bond motifs is 4. The third-order valence-electron chi connectivity index (χ3n) is 8.60. The smallest absolute Gasteiger partial charge is 0.0952 e. The lowest BCUT2D eigenvalue weighted by Crippen LogP contribution is -2.55. The van der Waals surface area contributed by atoms with Crippen LogP contribution in [0.15, 0.2) is 36.5 Å². The summed E-state index contributed by atoms with van der Waals surface area (Å²) >= 11 is 0. The molecule has 0 spiro atoms. The Morgan fingerprint density at radius 2 is 1.90 bits per heavy atom. The molecule has 3 aliphatic rings. The molecular formula is C25H38N2OSi. The summed E-state index contributed by atoms with van der Waals surface area (Å²) in [6, 6.07) is 16.3. The number of nitrogens with zero attached hydrogens (tertiary/aromatic N) is 2. The Morgan fingerprint density at radius 1 is 1.14 bits per heavy atom. The predicted octanol–water partition coefficient (Wildman–Crippen LogP) is 5.88. The molecule has 1 aromatic carbocycles. The van der Waals surface area contributed by atoms with Gasteiger partial charge in [-0.25, -0.2) is 0 Å². The van der Waals surface area contributed by atoms with Gasteiger partial charge in [-0.3, -0.25) is 9.88 Å². The Morgan fingerprint density at radius 3 is 2.59 bits per heavy atom. The quantitative estimate of drug-likeness (QED) is 0.552. The maximum Gasteiger partial charge on any atom is 0.0952 e. The van der Waals surface area contributed by atoms with E-state index in [1.165, 1.54) is 43.6 Å². The number of aliphatic hydroxyl groups excluding tert-OH is 1. The van der Waals surface area contributed by atoms with Gasteiger partial charge in [-0.1, -0.05) is 69.6 Å². The van der Waals surface area contributed by atoms with Crippen molar-refractivity contribution >= 4 is 19.0 Å². The van der Waals surface area contributed by atoms with Crippen molar-refractivity contribution in [2.45, 2.75) is 76.4 Å². The van der Waals surface area contributed by atoms with E-state index in [2.05, 4.69) is 42.8 Å². The molecule has 1 unspecified atom stereocenters. The highest BCUT2D eigenvalue weighted by Crippen LogP contribution is 2.44. The molecule has 4 heteroatoms. The van der Waals surface area contributed by atoms with Gasteiger partial charge in [-0.05, 0) is 48.9 Å². The Balaban J connectivity index is 1.46. The average molecular weight is 411 g/mol. The van der Waals surface area contributed by atoms with Gasteiger partial charge in [0.1, 0.15) is 0 Å². The van der Waals surface area contributed by atoms with Crippen molar-refractivity contribution in [3.63, 3.8) is 0 Å². The number of para-hydroxylation sites is 1. The fraction of sp³-hybridized carbons (Fsp3) is 0.640. The number of benzene rings is 1. The monoisotopic (exact) mass is 410 g/mol. The van der Waals surface area contributed by atoms with E-state index in [1.807, 2.05) is 24.4 Å². The molecule has 3 fully saturated rings. The number of aliphatic hydroxyl groups is 1. The highest BCUT2D eigenvalue weighted by molar-refractivity contribution is 6.79. The van der Waals surface area contributed by atoms with Crippen LogP contribution in [0.4, 0.5) is 0 Å². The maximum absolute atomic E-state index is 11.4. The Kier molecular flexibility index (Phi) is 6.43. The first-order valence-electron chi connectivity index (χ1n) is 11.9. The summed E-state index contributed by atoms with van der Waals surface area (Å²) in [7, 11) is -1.03. The zero-order chi connectivity index (χ0) is 20.4. The SMILES string of the molecule is CC[Si](CC)(CC)CC[C@H]1CN2CC[C@H]1C[C@@H]2[C@H](O)c1ccnc2ccccc12. The first-order valence-corrected chi connectivity index (χ1v) is 14.7. The summed E-state index contributed by atoms with van der Waals surface area (Å²) in [5, 5.41) is 12.5. The second-order valence-corrected chi connectivity index (χ2v) is 15.2. The van der Waals surface area contributed by atoms with E-state index in [9.17, 15) is 5.11 Å². The maximum atomic E-state index is 11.4. The summed E-state index contributed by atoms with van der Waals surface area (Å²) in [6.07, 6.45) is 5.34. The minimum atomic E-state index is -1.03. The number of piperidine rings is 3. The van der Waals surface area contributed by atoms with Crippen molar-refractivity contribution in [1.29, 1.82) is 0 Å². The Labute approximate surface area is 177 Å². The zero-order valence-corrected chi connectivity index (χ0v) is 19.5. The van der Waals surface area contributed by atoms with Crippen molar-refractivity contribution in [2.75, 3.05) is 13.1 Å². The first kappa shape index (κ1) is 21.0. The van der Waals surface area contributed by atoms with Crippen molar-refractivity contribution in [2.24, 2.45) is 11.8 Å². The van der Waals surface area contributed by atoms with Crippen LogP contribution in [0.3, 0.4) is 0 Å². The minimum Gasteiger partial charge on any atom is -0.387 e. The fourth-order valence-electron chi connectivity index (χ4n) is 6.19. The fourth-order valence-corrected chi connectivity index (χ4v) is 9.73. The van der Waals surface area contributed by atoms with Crippen molar-refractivity contribution in [3.8, 4) is 0 Å². The van der Waals surface area contributed by atoms with Crippen LogP contribution in [-0.2, 0) is 0 Å². The molecule has 3 aliphatic heterocycles. The van der Waals surface area contributed by atoms with Crippen LogP contribution < -0.4 is 0 Å². The van der Waals surface area contributed by atoms with Crippen LogP contribution in [0.5, 0.6) is 0 Å². The highest BCUT2D eigenvalue weighted by atomic mass is 28.3. The van der Waals surface area contributed by atoms with Gasteiger partial charge < -0.3 is 5.11 Å². The zero-order valence-electron chi connectivity index (χ0n) is 18.5. The predicted molar refractivity (Wildman–Crippen MR) is 125 cm³/mol. The second-order valence-electron chi connectivity index (χ2n) is 9.57. The number of pyridine rings is 1. The minimum absolute atomic E-state index is 0.265. The summed E-state index contributed by atoms with van der Waals surface area (Å²) in [5.74, 6) is 1.64. The molecule has 2 aromatic rings. The number of hydrogen-bond donors (Lipinski definition) is 1. The van der Waals surface area contributed by atoms with Gasteiger partial charge in [0.15, 0.2) is 0 Å². The lowest BCUT2D eigenvalue weighted by atomic mass is 9.72. The number of hydrogen-bond acceptors (Lipinski definition) is 3. The van der Waals surface area contributed by atoms with Gasteiger partial charge >= 0.3 is 0 Å². The van der Waals surface area contributed by atoms with Crippen molar-refractivity contribution in [1.82, 2.24) is 9.88 Å². The van der Waals surface area contributed by atoms with Gasteiger partial charge in [0, 0.05) is 24.2 Å². The summed E-state index contributed by atoms with van der Waals surface area (Å²) in [6.45, 7) is 9.64. The summed E-state index contributed by atoms with van der Waals surface area (Å²) in [5.41, 5.74) is 2.04. The first-order chi connectivity index (χ1) is 14.1. The van der Waals surface area contributed by atoms with Gasteiger partial charge in [0.05, 0.1) is 19.7 Å². The van der Waals surface area contributed by atoms with Gasteiger partial charge in [-0.2, -0.15) is 0 Å². The summed E-state index contributed by atoms with van der Waals surface area (Å²) < 4.78 is 0. The lowest BCUT2D eigenvalue weighted by Gasteiger charge is -2.52. The van der Waals surface area contributed by atoms with E-state index in [4.69, 9.17) is 0 Å². The standard InChI is InChI=1S/C25H38N2OSi/c1-4-29(5-2,6-3)16-13-20-18-27-15-12-19(20)17-24(27)25(28)22-11-14-26-23-10-8-7-9-21(22)23/h7-11,14,19-20,24-25,28H,4-6,12-13,15-18H2,1-3H3/t19-,20-,24+,25+/m0/s1.